The Morgan fingerprint density at radius 3 is 2.50 bits per heavy atom. The van der Waals surface area contributed by atoms with Gasteiger partial charge in [0.1, 0.15) is 0 Å². The van der Waals surface area contributed by atoms with Crippen molar-refractivity contribution in [2.24, 2.45) is 5.92 Å². The molecule has 1 aliphatic rings. The van der Waals surface area contributed by atoms with Crippen LogP contribution in [0.4, 0.5) is 0 Å². The zero-order valence-electron chi connectivity index (χ0n) is 9.82. The van der Waals surface area contributed by atoms with Crippen LogP contribution < -0.4 is 4.72 Å². The van der Waals surface area contributed by atoms with E-state index in [-0.39, 0.29) is 12.4 Å². The minimum atomic E-state index is -3.15. The molecule has 16 heavy (non-hydrogen) atoms. The van der Waals surface area contributed by atoms with Gasteiger partial charge in [-0.3, -0.25) is 0 Å². The quantitative estimate of drug-likeness (QED) is 0.714. The van der Waals surface area contributed by atoms with Gasteiger partial charge in [-0.15, -0.1) is 0 Å². The van der Waals surface area contributed by atoms with Gasteiger partial charge in [-0.05, 0) is 18.8 Å². The summed E-state index contributed by atoms with van der Waals surface area (Å²) in [6.07, 6.45) is 7.69. The average molecular weight is 249 g/mol. The summed E-state index contributed by atoms with van der Waals surface area (Å²) in [5.74, 6) is 0.739. The van der Waals surface area contributed by atoms with Crippen LogP contribution in [0.1, 0.15) is 44.9 Å². The van der Waals surface area contributed by atoms with Gasteiger partial charge >= 0.3 is 0 Å². The molecule has 4 nitrogen and oxygen atoms in total. The molecule has 0 spiro atoms. The molecule has 5 heteroatoms. The third kappa shape index (κ3) is 5.82. The summed E-state index contributed by atoms with van der Waals surface area (Å²) >= 11 is 0. The van der Waals surface area contributed by atoms with Crippen LogP contribution in [-0.4, -0.2) is 32.4 Å². The maximum atomic E-state index is 11.4. The van der Waals surface area contributed by atoms with E-state index in [0.29, 0.717) is 18.9 Å². The third-order valence-electron chi connectivity index (χ3n) is 3.17. The molecule has 0 radical (unpaired) electrons. The van der Waals surface area contributed by atoms with E-state index in [1.54, 1.807) is 0 Å². The smallest absolute Gasteiger partial charge is 0.211 e. The van der Waals surface area contributed by atoms with Crippen molar-refractivity contribution in [2.75, 3.05) is 18.9 Å². The standard InChI is InChI=1S/C11H23NO3S/c13-9-4-10-16(14,15)12-8-7-11-5-2-1-3-6-11/h11-13H,1-10H2. The van der Waals surface area contributed by atoms with Gasteiger partial charge in [0.25, 0.3) is 0 Å². The van der Waals surface area contributed by atoms with E-state index < -0.39 is 10.0 Å². The molecule has 0 atom stereocenters. The first kappa shape index (κ1) is 13.9. The van der Waals surface area contributed by atoms with Crippen LogP contribution in [0.2, 0.25) is 0 Å². The van der Waals surface area contributed by atoms with Gasteiger partial charge in [0, 0.05) is 13.2 Å². The van der Waals surface area contributed by atoms with Crippen LogP contribution >= 0.6 is 0 Å². The highest BCUT2D eigenvalue weighted by Gasteiger charge is 2.14. The van der Waals surface area contributed by atoms with Gasteiger partial charge in [-0.2, -0.15) is 0 Å². The van der Waals surface area contributed by atoms with Crippen LogP contribution in [-0.2, 0) is 10.0 Å². The molecular formula is C11H23NO3S. The molecule has 0 heterocycles. The molecule has 0 saturated heterocycles. The van der Waals surface area contributed by atoms with Crippen molar-refractivity contribution in [1.29, 1.82) is 0 Å². The van der Waals surface area contributed by atoms with Crippen molar-refractivity contribution in [1.82, 2.24) is 4.72 Å². The molecule has 0 aromatic rings. The highest BCUT2D eigenvalue weighted by atomic mass is 32.2. The Hall–Kier alpha value is -0.130. The Morgan fingerprint density at radius 2 is 1.88 bits per heavy atom. The molecule has 0 aliphatic heterocycles. The Morgan fingerprint density at radius 1 is 1.19 bits per heavy atom. The Kier molecular flexibility index (Phi) is 6.31. The van der Waals surface area contributed by atoms with Gasteiger partial charge in [-0.1, -0.05) is 32.1 Å². The molecule has 2 N–H and O–H groups in total. The van der Waals surface area contributed by atoms with E-state index in [4.69, 9.17) is 5.11 Å². The molecule has 1 aliphatic carbocycles. The Balaban J connectivity index is 2.13. The number of sulfonamides is 1. The van der Waals surface area contributed by atoms with Crippen LogP contribution in [0.5, 0.6) is 0 Å². The number of hydrogen-bond acceptors (Lipinski definition) is 3. The van der Waals surface area contributed by atoms with Crippen molar-refractivity contribution < 1.29 is 13.5 Å². The topological polar surface area (TPSA) is 66.4 Å². The van der Waals surface area contributed by atoms with Gasteiger partial charge in [0.05, 0.1) is 5.75 Å². The van der Waals surface area contributed by atoms with E-state index >= 15 is 0 Å². The number of rotatable bonds is 7. The van der Waals surface area contributed by atoms with E-state index in [1.165, 1.54) is 32.1 Å². The Labute approximate surface area is 98.5 Å². The first-order valence-corrected chi connectivity index (χ1v) is 7.87. The van der Waals surface area contributed by atoms with E-state index in [2.05, 4.69) is 4.72 Å². The highest BCUT2D eigenvalue weighted by molar-refractivity contribution is 7.89. The molecule has 1 rings (SSSR count). The third-order valence-corrected chi connectivity index (χ3v) is 4.64. The van der Waals surface area contributed by atoms with Gasteiger partial charge in [0.15, 0.2) is 0 Å². The largest absolute Gasteiger partial charge is 0.396 e. The SMILES string of the molecule is O=S(=O)(CCCO)NCCC1CCCCC1. The van der Waals surface area contributed by atoms with Crippen LogP contribution in [0.3, 0.4) is 0 Å². The summed E-state index contributed by atoms with van der Waals surface area (Å²) in [7, 11) is -3.15. The van der Waals surface area contributed by atoms with Crippen LogP contribution in [0.15, 0.2) is 0 Å². The van der Waals surface area contributed by atoms with Gasteiger partial charge in [-0.25, -0.2) is 13.1 Å². The predicted molar refractivity (Wildman–Crippen MR) is 64.7 cm³/mol. The first-order chi connectivity index (χ1) is 7.64. The summed E-state index contributed by atoms with van der Waals surface area (Å²) < 4.78 is 25.4. The maximum Gasteiger partial charge on any atom is 0.211 e. The number of nitrogens with one attached hydrogen (secondary N) is 1. The van der Waals surface area contributed by atoms with Crippen molar-refractivity contribution in [2.45, 2.75) is 44.9 Å². The predicted octanol–water partition coefficient (Wildman–Crippen LogP) is 1.26. The lowest BCUT2D eigenvalue weighted by molar-refractivity contribution is 0.295. The minimum Gasteiger partial charge on any atom is -0.396 e. The summed E-state index contributed by atoms with van der Waals surface area (Å²) in [4.78, 5) is 0. The summed E-state index contributed by atoms with van der Waals surface area (Å²) in [6, 6.07) is 0. The fourth-order valence-corrected chi connectivity index (χ4v) is 3.30. The Bertz CT molecular complexity index is 271. The van der Waals surface area contributed by atoms with E-state index in [1.807, 2.05) is 0 Å². The lowest BCUT2D eigenvalue weighted by atomic mass is 9.87. The maximum absolute atomic E-state index is 11.4. The number of aliphatic hydroxyl groups is 1. The lowest BCUT2D eigenvalue weighted by Gasteiger charge is -2.21. The second kappa shape index (κ2) is 7.25. The highest BCUT2D eigenvalue weighted by Crippen LogP contribution is 2.25. The second-order valence-electron chi connectivity index (χ2n) is 4.58. The van der Waals surface area contributed by atoms with E-state index in [9.17, 15) is 8.42 Å². The molecule has 96 valence electrons. The normalized spacial score (nSPS) is 18.8. The summed E-state index contributed by atoms with van der Waals surface area (Å²) in [5, 5.41) is 8.57. The molecule has 1 saturated carbocycles. The van der Waals surface area contributed by atoms with Crippen molar-refractivity contribution >= 4 is 10.0 Å². The molecule has 0 aromatic carbocycles. The minimum absolute atomic E-state index is 0.0359. The lowest BCUT2D eigenvalue weighted by Crippen LogP contribution is -2.29. The van der Waals surface area contributed by atoms with Gasteiger partial charge in [0.2, 0.25) is 10.0 Å². The number of hydrogen-bond donors (Lipinski definition) is 2. The van der Waals surface area contributed by atoms with Crippen molar-refractivity contribution in [3.8, 4) is 0 Å². The van der Waals surface area contributed by atoms with Crippen LogP contribution in [0, 0.1) is 5.92 Å². The molecule has 1 fully saturated rings. The van der Waals surface area contributed by atoms with Crippen LogP contribution in [0.25, 0.3) is 0 Å². The monoisotopic (exact) mass is 249 g/mol. The number of aliphatic hydroxyl groups excluding tert-OH is 1. The summed E-state index contributed by atoms with van der Waals surface area (Å²) in [6.45, 7) is 0.488. The fourth-order valence-electron chi connectivity index (χ4n) is 2.22. The molecule has 0 aromatic heterocycles. The van der Waals surface area contributed by atoms with Crippen molar-refractivity contribution in [3.63, 3.8) is 0 Å². The van der Waals surface area contributed by atoms with E-state index in [0.717, 1.165) is 6.42 Å². The molecule has 0 amide bonds. The summed E-state index contributed by atoms with van der Waals surface area (Å²) in [5.41, 5.74) is 0. The zero-order valence-corrected chi connectivity index (χ0v) is 10.6. The average Bonchev–Trinajstić information content (AvgIpc) is 2.28. The second-order valence-corrected chi connectivity index (χ2v) is 6.51. The van der Waals surface area contributed by atoms with Crippen molar-refractivity contribution in [3.05, 3.63) is 0 Å². The zero-order chi connectivity index (χ0) is 11.9. The molecule has 0 bridgehead atoms. The first-order valence-electron chi connectivity index (χ1n) is 6.22. The molecular weight excluding hydrogens is 226 g/mol. The molecule has 0 unspecified atom stereocenters. The fraction of sp³-hybridized carbons (Fsp3) is 1.00. The van der Waals surface area contributed by atoms with Gasteiger partial charge < -0.3 is 5.11 Å².